The van der Waals surface area contributed by atoms with E-state index in [-0.39, 0.29) is 37.6 Å². The third-order valence-electron chi connectivity index (χ3n) is 3.59. The molecule has 0 aliphatic rings. The summed E-state index contributed by atoms with van der Waals surface area (Å²) in [6.45, 7) is 8.82. The van der Waals surface area contributed by atoms with E-state index in [9.17, 15) is 19.8 Å². The first-order chi connectivity index (χ1) is 11.5. The van der Waals surface area contributed by atoms with Gasteiger partial charge in [-0.3, -0.25) is 0 Å². The second kappa shape index (κ2) is 8.45. The van der Waals surface area contributed by atoms with Gasteiger partial charge in [0.2, 0.25) is 0 Å². The third-order valence-corrected chi connectivity index (χ3v) is 3.59. The van der Waals surface area contributed by atoms with Crippen molar-refractivity contribution in [3.05, 3.63) is 34.9 Å². The van der Waals surface area contributed by atoms with E-state index in [4.69, 9.17) is 9.47 Å². The zero-order chi connectivity index (χ0) is 19.3. The molecule has 0 aliphatic heterocycles. The van der Waals surface area contributed by atoms with Crippen LogP contribution in [0.3, 0.4) is 0 Å². The number of ether oxygens (including phenoxy) is 2. The topological polar surface area (TPSA) is 93.1 Å². The van der Waals surface area contributed by atoms with Crippen molar-refractivity contribution in [1.82, 2.24) is 0 Å². The first-order valence-corrected chi connectivity index (χ1v) is 8.17. The minimum Gasteiger partial charge on any atom is -0.461 e. The molecule has 0 saturated carbocycles. The van der Waals surface area contributed by atoms with Crippen LogP contribution in [0.5, 0.6) is 0 Å². The molecule has 1 aromatic rings. The van der Waals surface area contributed by atoms with Gasteiger partial charge in [-0.1, -0.05) is 27.7 Å². The molecule has 0 saturated heterocycles. The predicted octanol–water partition coefficient (Wildman–Crippen LogP) is 2.35. The van der Waals surface area contributed by atoms with Gasteiger partial charge < -0.3 is 19.7 Å². The molecular formula is C19H28O6. The second-order valence-corrected chi connectivity index (χ2v) is 7.88. The lowest BCUT2D eigenvalue weighted by molar-refractivity contribution is 0.0216. The molecule has 0 radical (unpaired) electrons. The average Bonchev–Trinajstić information content (AvgIpc) is 2.57. The van der Waals surface area contributed by atoms with Gasteiger partial charge in [0.25, 0.3) is 0 Å². The Morgan fingerprint density at radius 2 is 1.20 bits per heavy atom. The van der Waals surface area contributed by atoms with Gasteiger partial charge in [0.15, 0.2) is 0 Å². The van der Waals surface area contributed by atoms with Gasteiger partial charge in [-0.15, -0.1) is 0 Å². The van der Waals surface area contributed by atoms with E-state index in [2.05, 4.69) is 0 Å². The highest BCUT2D eigenvalue weighted by Crippen LogP contribution is 2.18. The van der Waals surface area contributed by atoms with E-state index in [0.717, 1.165) is 5.56 Å². The highest BCUT2D eigenvalue weighted by atomic mass is 16.5. The summed E-state index contributed by atoms with van der Waals surface area (Å²) >= 11 is 0. The van der Waals surface area contributed by atoms with E-state index in [1.54, 1.807) is 46.8 Å². The van der Waals surface area contributed by atoms with Gasteiger partial charge in [0, 0.05) is 10.8 Å². The monoisotopic (exact) mass is 352 g/mol. The van der Waals surface area contributed by atoms with Crippen molar-refractivity contribution in [1.29, 1.82) is 0 Å². The summed E-state index contributed by atoms with van der Waals surface area (Å²) in [5, 5.41) is 18.4. The van der Waals surface area contributed by atoms with Crippen molar-refractivity contribution in [3.8, 4) is 0 Å². The quantitative estimate of drug-likeness (QED) is 0.698. The highest BCUT2D eigenvalue weighted by Gasteiger charge is 2.22. The van der Waals surface area contributed by atoms with Crippen LogP contribution >= 0.6 is 0 Å². The number of esters is 2. The summed E-state index contributed by atoms with van der Waals surface area (Å²) in [5.41, 5.74) is 0.169. The van der Waals surface area contributed by atoms with E-state index in [0.29, 0.717) is 0 Å². The number of carbonyl (C=O) groups is 2. The summed E-state index contributed by atoms with van der Waals surface area (Å²) in [7, 11) is 0. The van der Waals surface area contributed by atoms with Crippen molar-refractivity contribution in [2.75, 3.05) is 26.4 Å². The van der Waals surface area contributed by atoms with Gasteiger partial charge in [0.05, 0.1) is 37.6 Å². The van der Waals surface area contributed by atoms with Crippen molar-refractivity contribution in [2.24, 2.45) is 10.8 Å². The van der Waals surface area contributed by atoms with Gasteiger partial charge in [-0.25, -0.2) is 9.59 Å². The Morgan fingerprint density at radius 1 is 0.840 bits per heavy atom. The SMILES string of the molecule is Cc1cc(C(=O)OCC(C)(C)CO)cc(C(=O)OCC(C)(C)CO)c1. The smallest absolute Gasteiger partial charge is 0.338 e. The van der Waals surface area contributed by atoms with Crippen molar-refractivity contribution >= 4 is 11.9 Å². The third kappa shape index (κ3) is 6.84. The van der Waals surface area contributed by atoms with E-state index < -0.39 is 22.8 Å². The Morgan fingerprint density at radius 3 is 1.52 bits per heavy atom. The molecular weight excluding hydrogens is 324 g/mol. The summed E-state index contributed by atoms with van der Waals surface area (Å²) in [4.78, 5) is 24.4. The molecule has 0 aliphatic carbocycles. The predicted molar refractivity (Wildman–Crippen MR) is 93.5 cm³/mol. The van der Waals surface area contributed by atoms with Crippen LogP contribution in [0.15, 0.2) is 18.2 Å². The molecule has 2 N–H and O–H groups in total. The molecule has 0 heterocycles. The number of aryl methyl sites for hydroxylation is 1. The minimum atomic E-state index is -0.560. The Hall–Kier alpha value is -1.92. The van der Waals surface area contributed by atoms with Crippen molar-refractivity contribution in [2.45, 2.75) is 34.6 Å². The molecule has 140 valence electrons. The molecule has 0 aromatic heterocycles. The molecule has 6 heteroatoms. The zero-order valence-electron chi connectivity index (χ0n) is 15.6. The van der Waals surface area contributed by atoms with Crippen LogP contribution in [0.2, 0.25) is 0 Å². The molecule has 0 atom stereocenters. The number of hydrogen-bond acceptors (Lipinski definition) is 6. The Bertz CT molecular complexity index is 568. The number of rotatable bonds is 8. The fraction of sp³-hybridized carbons (Fsp3) is 0.579. The number of aliphatic hydroxyl groups excluding tert-OH is 2. The van der Waals surface area contributed by atoms with E-state index >= 15 is 0 Å². The largest absolute Gasteiger partial charge is 0.461 e. The van der Waals surface area contributed by atoms with E-state index in [1.807, 2.05) is 0 Å². The average molecular weight is 352 g/mol. The van der Waals surface area contributed by atoms with Gasteiger partial charge in [0.1, 0.15) is 0 Å². The normalized spacial score (nSPS) is 12.0. The Labute approximate surface area is 148 Å². The molecule has 1 aromatic carbocycles. The summed E-state index contributed by atoms with van der Waals surface area (Å²) in [6, 6.07) is 4.68. The van der Waals surface area contributed by atoms with Crippen molar-refractivity contribution in [3.63, 3.8) is 0 Å². The van der Waals surface area contributed by atoms with Crippen LogP contribution in [0.25, 0.3) is 0 Å². The lowest BCUT2D eigenvalue weighted by Crippen LogP contribution is -2.26. The van der Waals surface area contributed by atoms with Crippen LogP contribution < -0.4 is 0 Å². The number of aliphatic hydroxyl groups is 2. The Balaban J connectivity index is 2.85. The Kier molecular flexibility index (Phi) is 7.14. The zero-order valence-corrected chi connectivity index (χ0v) is 15.6. The fourth-order valence-corrected chi connectivity index (χ4v) is 1.80. The van der Waals surface area contributed by atoms with Gasteiger partial charge >= 0.3 is 11.9 Å². The van der Waals surface area contributed by atoms with Gasteiger partial charge in [-0.05, 0) is 30.7 Å². The first kappa shape index (κ1) is 21.1. The van der Waals surface area contributed by atoms with Crippen LogP contribution in [0.4, 0.5) is 0 Å². The first-order valence-electron chi connectivity index (χ1n) is 8.17. The standard InChI is InChI=1S/C19H28O6/c1-13-6-14(16(22)24-11-18(2,3)9-20)8-15(7-13)17(23)25-12-19(4,5)10-21/h6-8,20-21H,9-12H2,1-5H3. The van der Waals surface area contributed by atoms with Gasteiger partial charge in [-0.2, -0.15) is 0 Å². The summed E-state index contributed by atoms with van der Waals surface area (Å²) < 4.78 is 10.4. The molecule has 25 heavy (non-hydrogen) atoms. The van der Waals surface area contributed by atoms with Crippen LogP contribution in [-0.2, 0) is 9.47 Å². The highest BCUT2D eigenvalue weighted by molar-refractivity contribution is 5.95. The molecule has 6 nitrogen and oxygen atoms in total. The number of benzene rings is 1. The maximum absolute atomic E-state index is 12.2. The summed E-state index contributed by atoms with van der Waals surface area (Å²) in [5.74, 6) is -1.12. The van der Waals surface area contributed by atoms with E-state index in [1.165, 1.54) is 6.07 Å². The molecule has 0 unspecified atom stereocenters. The van der Waals surface area contributed by atoms with Crippen LogP contribution in [-0.4, -0.2) is 48.6 Å². The van der Waals surface area contributed by atoms with Crippen LogP contribution in [0, 0.1) is 17.8 Å². The maximum Gasteiger partial charge on any atom is 0.338 e. The van der Waals surface area contributed by atoms with Crippen molar-refractivity contribution < 1.29 is 29.3 Å². The number of hydrogen-bond donors (Lipinski definition) is 2. The lowest BCUT2D eigenvalue weighted by atomic mass is 9.96. The van der Waals surface area contributed by atoms with Crippen LogP contribution in [0.1, 0.15) is 54.0 Å². The summed E-state index contributed by atoms with van der Waals surface area (Å²) in [6.07, 6.45) is 0. The molecule has 1 rings (SSSR count). The molecule has 0 bridgehead atoms. The molecule has 0 fully saturated rings. The lowest BCUT2D eigenvalue weighted by Gasteiger charge is -2.21. The maximum atomic E-state index is 12.2. The molecule has 0 amide bonds. The molecule has 0 spiro atoms. The fourth-order valence-electron chi connectivity index (χ4n) is 1.80. The second-order valence-electron chi connectivity index (χ2n) is 7.88. The number of carbonyl (C=O) groups excluding carboxylic acids is 2. The minimum absolute atomic E-state index is 0.0702.